The first-order chi connectivity index (χ1) is 10.9. The Balaban J connectivity index is 2.44. The predicted molar refractivity (Wildman–Crippen MR) is 85.8 cm³/mol. The highest BCUT2D eigenvalue weighted by Gasteiger charge is 2.29. The number of nitrogens with one attached hydrogen (secondary N) is 1. The van der Waals surface area contributed by atoms with E-state index < -0.39 is 11.7 Å². The zero-order chi connectivity index (χ0) is 17.3. The summed E-state index contributed by atoms with van der Waals surface area (Å²) in [5.41, 5.74) is 0.00196. The number of hydrogen-bond donors (Lipinski definition) is 1. The molecule has 0 aromatic heterocycles. The number of halogens is 3. The topological polar surface area (TPSA) is 29.1 Å². The molecule has 0 heterocycles. The van der Waals surface area contributed by atoms with Crippen LogP contribution in [0.15, 0.2) is 24.3 Å². The Morgan fingerprint density at radius 3 is 2.26 bits per heavy atom. The Bertz CT molecular complexity index is 468. The monoisotopic (exact) mass is 329 g/mol. The molecule has 0 aliphatic rings. The Kier molecular flexibility index (Phi) is 8.13. The van der Waals surface area contributed by atoms with E-state index in [2.05, 4.69) is 12.2 Å². The van der Waals surface area contributed by atoms with Gasteiger partial charge in [-0.15, -0.1) is 0 Å². The van der Waals surface area contributed by atoms with Crippen LogP contribution in [0.25, 0.3) is 0 Å². The van der Waals surface area contributed by atoms with Crippen LogP contribution in [0.3, 0.4) is 0 Å². The normalized spacial score (nSPS) is 12.9. The Labute approximate surface area is 136 Å². The van der Waals surface area contributed by atoms with Gasteiger partial charge >= 0.3 is 6.18 Å². The van der Waals surface area contributed by atoms with Crippen LogP contribution in [0.2, 0.25) is 0 Å². The van der Waals surface area contributed by atoms with Crippen molar-refractivity contribution in [2.24, 2.45) is 5.92 Å². The summed E-state index contributed by atoms with van der Waals surface area (Å²) in [6, 6.07) is 4.91. The van der Waals surface area contributed by atoms with Gasteiger partial charge in [0.1, 0.15) is 0 Å². The molecule has 0 fully saturated rings. The van der Waals surface area contributed by atoms with E-state index in [1.165, 1.54) is 18.6 Å². The van der Waals surface area contributed by atoms with Crippen molar-refractivity contribution in [3.8, 4) is 0 Å². The molecule has 0 radical (unpaired) electrons. The van der Waals surface area contributed by atoms with E-state index in [0.29, 0.717) is 5.56 Å². The highest BCUT2D eigenvalue weighted by Crippen LogP contribution is 2.29. The van der Waals surface area contributed by atoms with E-state index in [1.807, 2.05) is 6.92 Å². The van der Waals surface area contributed by atoms with Gasteiger partial charge in [-0.05, 0) is 30.5 Å². The van der Waals surface area contributed by atoms with E-state index in [-0.39, 0.29) is 18.4 Å². The Morgan fingerprint density at radius 2 is 1.74 bits per heavy atom. The maximum Gasteiger partial charge on any atom is 0.416 e. The second-order valence-electron chi connectivity index (χ2n) is 5.87. The summed E-state index contributed by atoms with van der Waals surface area (Å²) >= 11 is 0. The standard InChI is InChI=1S/C18H26F3NO/c1-3-5-6-7-8-15(4-2)17(23)22-13-14-9-11-16(12-10-14)18(19,20)21/h9-12,15H,3-8,13H2,1-2H3,(H,22,23). The zero-order valence-electron chi connectivity index (χ0n) is 13.9. The Morgan fingerprint density at radius 1 is 1.09 bits per heavy atom. The number of alkyl halides is 3. The molecule has 1 rings (SSSR count). The van der Waals surface area contributed by atoms with Crippen molar-refractivity contribution in [3.63, 3.8) is 0 Å². The van der Waals surface area contributed by atoms with Crippen molar-refractivity contribution in [2.45, 2.75) is 65.1 Å². The van der Waals surface area contributed by atoms with Gasteiger partial charge in [0.2, 0.25) is 5.91 Å². The third kappa shape index (κ3) is 7.06. The molecule has 0 spiro atoms. The third-order valence-electron chi connectivity index (χ3n) is 4.02. The molecule has 0 aliphatic heterocycles. The maximum atomic E-state index is 12.5. The average Bonchev–Trinajstić information content (AvgIpc) is 2.52. The highest BCUT2D eigenvalue weighted by molar-refractivity contribution is 5.78. The van der Waals surface area contributed by atoms with Crippen molar-refractivity contribution >= 4 is 5.91 Å². The van der Waals surface area contributed by atoms with Crippen molar-refractivity contribution < 1.29 is 18.0 Å². The number of rotatable bonds is 9. The van der Waals surface area contributed by atoms with Gasteiger partial charge in [0.25, 0.3) is 0 Å². The molecule has 23 heavy (non-hydrogen) atoms. The maximum absolute atomic E-state index is 12.5. The van der Waals surface area contributed by atoms with Gasteiger partial charge in [-0.25, -0.2) is 0 Å². The molecule has 5 heteroatoms. The van der Waals surface area contributed by atoms with Gasteiger partial charge in [-0.1, -0.05) is 51.7 Å². The molecule has 0 saturated carbocycles. The van der Waals surface area contributed by atoms with E-state index in [0.717, 1.165) is 44.2 Å². The van der Waals surface area contributed by atoms with Crippen molar-refractivity contribution in [1.82, 2.24) is 5.32 Å². The van der Waals surface area contributed by atoms with Gasteiger partial charge in [0, 0.05) is 12.5 Å². The molecule has 0 bridgehead atoms. The first-order valence-electron chi connectivity index (χ1n) is 8.32. The van der Waals surface area contributed by atoms with Crippen molar-refractivity contribution in [3.05, 3.63) is 35.4 Å². The molecule has 1 unspecified atom stereocenters. The number of hydrogen-bond acceptors (Lipinski definition) is 1. The van der Waals surface area contributed by atoms with E-state index in [1.54, 1.807) is 0 Å². The zero-order valence-corrected chi connectivity index (χ0v) is 13.9. The van der Waals surface area contributed by atoms with Crippen LogP contribution in [0.1, 0.15) is 63.5 Å². The predicted octanol–water partition coefficient (Wildman–Crippen LogP) is 5.32. The molecule has 2 nitrogen and oxygen atoms in total. The first-order valence-corrected chi connectivity index (χ1v) is 8.32. The third-order valence-corrected chi connectivity index (χ3v) is 4.02. The summed E-state index contributed by atoms with van der Waals surface area (Å²) in [6.45, 7) is 4.40. The number of carbonyl (C=O) groups is 1. The molecule has 1 aromatic rings. The molecular formula is C18H26F3NO. The summed E-state index contributed by atoms with van der Waals surface area (Å²) < 4.78 is 37.5. The molecule has 0 aliphatic carbocycles. The molecule has 130 valence electrons. The number of amides is 1. The lowest BCUT2D eigenvalue weighted by Gasteiger charge is -2.15. The minimum atomic E-state index is -4.33. The lowest BCUT2D eigenvalue weighted by Crippen LogP contribution is -2.30. The highest BCUT2D eigenvalue weighted by atomic mass is 19.4. The molecular weight excluding hydrogens is 303 g/mol. The van der Waals surface area contributed by atoms with Crippen LogP contribution in [-0.2, 0) is 17.5 Å². The fourth-order valence-corrected chi connectivity index (χ4v) is 2.48. The summed E-state index contributed by atoms with van der Waals surface area (Å²) in [6.07, 6.45) is 1.85. The van der Waals surface area contributed by atoms with Gasteiger partial charge in [-0.2, -0.15) is 13.2 Å². The first kappa shape index (κ1) is 19.5. The van der Waals surface area contributed by atoms with Crippen LogP contribution in [0, 0.1) is 5.92 Å². The van der Waals surface area contributed by atoms with Crippen LogP contribution in [0.5, 0.6) is 0 Å². The second-order valence-corrected chi connectivity index (χ2v) is 5.87. The second kappa shape index (κ2) is 9.58. The fraction of sp³-hybridized carbons (Fsp3) is 0.611. The van der Waals surface area contributed by atoms with Gasteiger partial charge in [0.15, 0.2) is 0 Å². The average molecular weight is 329 g/mol. The number of carbonyl (C=O) groups excluding carboxylic acids is 1. The Hall–Kier alpha value is -1.52. The molecule has 1 aromatic carbocycles. The summed E-state index contributed by atoms with van der Waals surface area (Å²) in [5.74, 6) is -0.0230. The van der Waals surface area contributed by atoms with E-state index in [4.69, 9.17) is 0 Å². The quantitative estimate of drug-likeness (QED) is 0.611. The lowest BCUT2D eigenvalue weighted by atomic mass is 9.97. The minimum absolute atomic E-state index is 0.0103. The minimum Gasteiger partial charge on any atom is -0.352 e. The van der Waals surface area contributed by atoms with Crippen LogP contribution < -0.4 is 5.32 Å². The van der Waals surface area contributed by atoms with Crippen LogP contribution >= 0.6 is 0 Å². The van der Waals surface area contributed by atoms with Crippen LogP contribution in [0.4, 0.5) is 13.2 Å². The van der Waals surface area contributed by atoms with Crippen molar-refractivity contribution in [2.75, 3.05) is 0 Å². The fourth-order valence-electron chi connectivity index (χ4n) is 2.48. The van der Waals surface area contributed by atoms with E-state index in [9.17, 15) is 18.0 Å². The molecule has 1 atom stereocenters. The van der Waals surface area contributed by atoms with Crippen LogP contribution in [-0.4, -0.2) is 5.91 Å². The summed E-state index contributed by atoms with van der Waals surface area (Å²) in [5, 5.41) is 2.83. The van der Waals surface area contributed by atoms with Gasteiger partial charge < -0.3 is 5.32 Å². The van der Waals surface area contributed by atoms with Gasteiger partial charge in [0.05, 0.1) is 5.56 Å². The number of unbranched alkanes of at least 4 members (excludes halogenated alkanes) is 3. The molecule has 1 amide bonds. The van der Waals surface area contributed by atoms with Crippen molar-refractivity contribution in [1.29, 1.82) is 0 Å². The smallest absolute Gasteiger partial charge is 0.352 e. The lowest BCUT2D eigenvalue weighted by molar-refractivity contribution is -0.137. The number of benzene rings is 1. The SMILES string of the molecule is CCCCCCC(CC)C(=O)NCc1ccc(C(F)(F)F)cc1. The molecule has 1 N–H and O–H groups in total. The summed E-state index contributed by atoms with van der Waals surface area (Å²) in [4.78, 5) is 12.1. The van der Waals surface area contributed by atoms with E-state index >= 15 is 0 Å². The van der Waals surface area contributed by atoms with Gasteiger partial charge in [-0.3, -0.25) is 4.79 Å². The largest absolute Gasteiger partial charge is 0.416 e. The summed E-state index contributed by atoms with van der Waals surface area (Å²) in [7, 11) is 0. The molecule has 0 saturated heterocycles.